The number of thiazole rings is 1. The summed E-state index contributed by atoms with van der Waals surface area (Å²) in [4.78, 5) is 16.4. The second-order valence-corrected chi connectivity index (χ2v) is 8.70. The summed E-state index contributed by atoms with van der Waals surface area (Å²) in [5, 5.41) is 4.69. The fourth-order valence-corrected chi connectivity index (χ4v) is 4.38. The van der Waals surface area contributed by atoms with E-state index >= 15 is 0 Å². The van der Waals surface area contributed by atoms with Gasteiger partial charge in [0.05, 0.1) is 17.6 Å². The van der Waals surface area contributed by atoms with Gasteiger partial charge >= 0.3 is 0 Å². The SMILES string of the molecule is COc1ccc(Br)c(C(=O)Nc2ccc(S(=O)(=O)Nc3nccs3)cc2)c1. The summed E-state index contributed by atoms with van der Waals surface area (Å²) in [7, 11) is -2.22. The van der Waals surface area contributed by atoms with E-state index in [9.17, 15) is 13.2 Å². The van der Waals surface area contributed by atoms with Crippen LogP contribution in [0.2, 0.25) is 0 Å². The van der Waals surface area contributed by atoms with E-state index < -0.39 is 10.0 Å². The fraction of sp³-hybridized carbons (Fsp3) is 0.0588. The Bertz CT molecular complexity index is 1050. The van der Waals surface area contributed by atoms with Gasteiger partial charge in [-0.2, -0.15) is 0 Å². The molecule has 1 heterocycles. The lowest BCUT2D eigenvalue weighted by molar-refractivity contribution is 0.102. The van der Waals surface area contributed by atoms with E-state index in [4.69, 9.17) is 4.74 Å². The van der Waals surface area contributed by atoms with Gasteiger partial charge in [0.2, 0.25) is 0 Å². The van der Waals surface area contributed by atoms with Crippen LogP contribution < -0.4 is 14.8 Å². The lowest BCUT2D eigenvalue weighted by Gasteiger charge is -2.10. The molecule has 3 rings (SSSR count). The van der Waals surface area contributed by atoms with Crippen LogP contribution in [-0.2, 0) is 10.0 Å². The molecule has 27 heavy (non-hydrogen) atoms. The maximum absolute atomic E-state index is 12.5. The molecule has 0 radical (unpaired) electrons. The maximum atomic E-state index is 12.5. The number of carbonyl (C=O) groups excluding carboxylic acids is 1. The van der Waals surface area contributed by atoms with Crippen LogP contribution in [-0.4, -0.2) is 26.4 Å². The first-order valence-electron chi connectivity index (χ1n) is 7.56. The minimum absolute atomic E-state index is 0.0678. The van der Waals surface area contributed by atoms with Gasteiger partial charge in [0.1, 0.15) is 5.75 Å². The Hall–Kier alpha value is -2.43. The van der Waals surface area contributed by atoms with Crippen molar-refractivity contribution in [1.29, 1.82) is 0 Å². The van der Waals surface area contributed by atoms with Crippen molar-refractivity contribution < 1.29 is 17.9 Å². The van der Waals surface area contributed by atoms with E-state index in [2.05, 4.69) is 31.0 Å². The molecule has 10 heteroatoms. The summed E-state index contributed by atoms with van der Waals surface area (Å²) in [5.41, 5.74) is 0.861. The molecule has 2 aromatic carbocycles. The molecule has 0 aliphatic heterocycles. The van der Waals surface area contributed by atoms with E-state index in [-0.39, 0.29) is 15.9 Å². The Morgan fingerprint density at radius 1 is 1.19 bits per heavy atom. The van der Waals surface area contributed by atoms with Crippen LogP contribution in [0.5, 0.6) is 5.75 Å². The second kappa shape index (κ2) is 8.07. The van der Waals surface area contributed by atoms with Gasteiger partial charge in [-0.25, -0.2) is 13.4 Å². The van der Waals surface area contributed by atoms with Crippen molar-refractivity contribution in [2.45, 2.75) is 4.90 Å². The second-order valence-electron chi connectivity index (χ2n) is 5.27. The number of amides is 1. The summed E-state index contributed by atoms with van der Waals surface area (Å²) in [6, 6.07) is 10.9. The first kappa shape index (κ1) is 19.3. The van der Waals surface area contributed by atoms with Crippen LogP contribution >= 0.6 is 27.3 Å². The zero-order valence-corrected chi connectivity index (χ0v) is 17.2. The van der Waals surface area contributed by atoms with Gasteiger partial charge in [0.15, 0.2) is 5.13 Å². The highest BCUT2D eigenvalue weighted by atomic mass is 79.9. The van der Waals surface area contributed by atoms with Crippen molar-refractivity contribution in [3.63, 3.8) is 0 Å². The Kier molecular flexibility index (Phi) is 5.78. The lowest BCUT2D eigenvalue weighted by atomic mass is 10.2. The smallest absolute Gasteiger partial charge is 0.263 e. The molecule has 1 amide bonds. The van der Waals surface area contributed by atoms with Crippen molar-refractivity contribution in [3.8, 4) is 5.75 Å². The Morgan fingerprint density at radius 2 is 1.93 bits per heavy atom. The average molecular weight is 468 g/mol. The molecular formula is C17H14BrN3O4S2. The molecule has 0 spiro atoms. The fourth-order valence-electron chi connectivity index (χ4n) is 2.17. The standard InChI is InChI=1S/C17H14BrN3O4S2/c1-25-12-4-7-15(18)14(10-12)16(22)20-11-2-5-13(6-3-11)27(23,24)21-17-19-8-9-26-17/h2-10H,1H3,(H,19,21)(H,20,22). The third-order valence-corrected chi connectivity index (χ3v) is 6.36. The van der Waals surface area contributed by atoms with Gasteiger partial charge in [-0.3, -0.25) is 9.52 Å². The summed E-state index contributed by atoms with van der Waals surface area (Å²) in [5.74, 6) is 0.204. The van der Waals surface area contributed by atoms with Gasteiger partial charge < -0.3 is 10.1 Å². The van der Waals surface area contributed by atoms with Crippen molar-refractivity contribution in [2.75, 3.05) is 17.1 Å². The monoisotopic (exact) mass is 467 g/mol. The largest absolute Gasteiger partial charge is 0.497 e. The molecule has 0 fully saturated rings. The van der Waals surface area contributed by atoms with Crippen molar-refractivity contribution in [2.24, 2.45) is 0 Å². The number of aromatic nitrogens is 1. The number of hydrogen-bond donors (Lipinski definition) is 2. The number of nitrogens with one attached hydrogen (secondary N) is 2. The number of halogens is 1. The number of rotatable bonds is 6. The molecule has 0 bridgehead atoms. The number of sulfonamides is 1. The molecule has 0 unspecified atom stereocenters. The first-order valence-corrected chi connectivity index (χ1v) is 10.7. The van der Waals surface area contributed by atoms with Crippen LogP contribution in [0.25, 0.3) is 0 Å². The molecule has 1 aromatic heterocycles. The Labute approximate surface area is 168 Å². The summed E-state index contributed by atoms with van der Waals surface area (Å²) >= 11 is 4.52. The molecule has 3 aromatic rings. The van der Waals surface area contributed by atoms with Gasteiger partial charge in [-0.05, 0) is 58.4 Å². The molecule has 0 aliphatic rings. The third-order valence-electron chi connectivity index (χ3n) is 3.49. The molecule has 7 nitrogen and oxygen atoms in total. The number of anilines is 2. The molecule has 0 aliphatic carbocycles. The maximum Gasteiger partial charge on any atom is 0.263 e. The van der Waals surface area contributed by atoms with Crippen LogP contribution in [0.1, 0.15) is 10.4 Å². The molecule has 140 valence electrons. The zero-order valence-electron chi connectivity index (χ0n) is 14.0. The number of carbonyl (C=O) groups is 1. The van der Waals surface area contributed by atoms with Gasteiger partial charge in [-0.15, -0.1) is 11.3 Å². The predicted octanol–water partition coefficient (Wildman–Crippen LogP) is 3.97. The van der Waals surface area contributed by atoms with E-state index in [0.717, 1.165) is 0 Å². The Balaban J connectivity index is 1.75. The van der Waals surface area contributed by atoms with Crippen molar-refractivity contribution in [1.82, 2.24) is 4.98 Å². The van der Waals surface area contributed by atoms with Crippen LogP contribution in [0.4, 0.5) is 10.8 Å². The Morgan fingerprint density at radius 3 is 2.56 bits per heavy atom. The first-order chi connectivity index (χ1) is 12.9. The van der Waals surface area contributed by atoms with E-state index in [1.807, 2.05) is 0 Å². The number of hydrogen-bond acceptors (Lipinski definition) is 6. The van der Waals surface area contributed by atoms with Crippen LogP contribution in [0, 0.1) is 0 Å². The van der Waals surface area contributed by atoms with E-state index in [1.165, 1.54) is 48.9 Å². The highest BCUT2D eigenvalue weighted by Crippen LogP contribution is 2.24. The van der Waals surface area contributed by atoms with Crippen LogP contribution in [0.15, 0.2) is 63.4 Å². The summed E-state index contributed by atoms with van der Waals surface area (Å²) < 4.78 is 32.8. The van der Waals surface area contributed by atoms with Gasteiger partial charge in [0, 0.05) is 21.7 Å². The quantitative estimate of drug-likeness (QED) is 0.571. The average Bonchev–Trinajstić information content (AvgIpc) is 3.15. The predicted molar refractivity (Wildman–Crippen MR) is 108 cm³/mol. The number of benzene rings is 2. The highest BCUT2D eigenvalue weighted by Gasteiger charge is 2.16. The van der Waals surface area contributed by atoms with Crippen molar-refractivity contribution >= 4 is 54.0 Å². The number of nitrogens with zero attached hydrogens (tertiary/aromatic N) is 1. The summed E-state index contributed by atoms with van der Waals surface area (Å²) in [6.07, 6.45) is 1.51. The minimum atomic E-state index is -3.74. The summed E-state index contributed by atoms with van der Waals surface area (Å²) in [6.45, 7) is 0. The van der Waals surface area contributed by atoms with Gasteiger partial charge in [0.25, 0.3) is 15.9 Å². The topological polar surface area (TPSA) is 97.4 Å². The lowest BCUT2D eigenvalue weighted by Crippen LogP contribution is -2.14. The minimum Gasteiger partial charge on any atom is -0.497 e. The number of methoxy groups -OCH3 is 1. The van der Waals surface area contributed by atoms with Gasteiger partial charge in [-0.1, -0.05) is 0 Å². The highest BCUT2D eigenvalue weighted by molar-refractivity contribution is 9.10. The van der Waals surface area contributed by atoms with Crippen molar-refractivity contribution in [3.05, 3.63) is 64.1 Å². The normalized spacial score (nSPS) is 11.0. The number of ether oxygens (including phenoxy) is 1. The van der Waals surface area contributed by atoms with E-state index in [1.54, 1.807) is 23.6 Å². The molecular weight excluding hydrogens is 454 g/mol. The third kappa shape index (κ3) is 4.65. The molecule has 2 N–H and O–H groups in total. The van der Waals surface area contributed by atoms with Crippen LogP contribution in [0.3, 0.4) is 0 Å². The zero-order chi connectivity index (χ0) is 19.4. The molecule has 0 atom stereocenters. The molecule has 0 saturated heterocycles. The molecule has 0 saturated carbocycles. The van der Waals surface area contributed by atoms with E-state index in [0.29, 0.717) is 21.5 Å².